The Labute approximate surface area is 88.1 Å². The Kier molecular flexibility index (Phi) is 5.21. The number of rotatable bonds is 7. The second-order valence-electron chi connectivity index (χ2n) is 2.81. The fourth-order valence-electron chi connectivity index (χ4n) is 0.922. The molecule has 0 radical (unpaired) electrons. The summed E-state index contributed by atoms with van der Waals surface area (Å²) < 4.78 is 5.35. The maximum absolute atomic E-state index is 10.3. The molecule has 1 rings (SSSR count). The topological polar surface area (TPSA) is 73.6 Å². The van der Waals surface area contributed by atoms with Gasteiger partial charge in [-0.2, -0.15) is 5.48 Å². The Balaban J connectivity index is 2.00. The first-order valence-corrected chi connectivity index (χ1v) is 4.60. The molecule has 0 aliphatic rings. The first kappa shape index (κ1) is 11.5. The van der Waals surface area contributed by atoms with Gasteiger partial charge < -0.3 is 10.5 Å². The van der Waals surface area contributed by atoms with Crippen molar-refractivity contribution in [3.63, 3.8) is 0 Å². The van der Waals surface area contributed by atoms with E-state index in [0.717, 1.165) is 5.75 Å². The highest BCUT2D eigenvalue weighted by atomic mass is 16.6. The summed E-state index contributed by atoms with van der Waals surface area (Å²) in [4.78, 5) is 15.0. The van der Waals surface area contributed by atoms with Gasteiger partial charge in [0.2, 0.25) is 5.91 Å². The van der Waals surface area contributed by atoms with Crippen molar-refractivity contribution in [3.8, 4) is 5.75 Å². The van der Waals surface area contributed by atoms with Crippen LogP contribution >= 0.6 is 0 Å². The summed E-state index contributed by atoms with van der Waals surface area (Å²) in [7, 11) is 0. The van der Waals surface area contributed by atoms with Crippen LogP contribution in [0.2, 0.25) is 0 Å². The van der Waals surface area contributed by atoms with Gasteiger partial charge >= 0.3 is 0 Å². The number of para-hydroxylation sites is 1. The molecule has 1 aromatic carbocycles. The van der Waals surface area contributed by atoms with Crippen LogP contribution in [-0.4, -0.2) is 25.7 Å². The highest BCUT2D eigenvalue weighted by molar-refractivity contribution is 5.74. The highest BCUT2D eigenvalue weighted by Gasteiger charge is 1.94. The largest absolute Gasteiger partial charge is 0.492 e. The number of nitrogens with two attached hydrogens (primary N) is 1. The number of hydroxylamine groups is 1. The van der Waals surface area contributed by atoms with Crippen LogP contribution < -0.4 is 16.0 Å². The molecule has 0 aliphatic carbocycles. The molecule has 0 saturated heterocycles. The molecule has 0 spiro atoms. The van der Waals surface area contributed by atoms with Crippen molar-refractivity contribution in [1.82, 2.24) is 5.48 Å². The van der Waals surface area contributed by atoms with Crippen molar-refractivity contribution in [1.29, 1.82) is 0 Å². The minimum Gasteiger partial charge on any atom is -0.492 e. The van der Waals surface area contributed by atoms with Gasteiger partial charge in [0.1, 0.15) is 19.0 Å². The molecule has 0 bridgehead atoms. The predicted octanol–water partition coefficient (Wildman–Crippen LogP) is 0.0719. The molecule has 0 unspecified atom stereocenters. The second-order valence-corrected chi connectivity index (χ2v) is 2.81. The van der Waals surface area contributed by atoms with Crippen LogP contribution in [0.5, 0.6) is 5.75 Å². The first-order valence-electron chi connectivity index (χ1n) is 4.60. The van der Waals surface area contributed by atoms with Crippen molar-refractivity contribution in [2.24, 2.45) is 5.73 Å². The Morgan fingerprint density at radius 1 is 1.33 bits per heavy atom. The summed E-state index contributed by atoms with van der Waals surface area (Å²) in [5, 5.41) is 0. The van der Waals surface area contributed by atoms with Gasteiger partial charge in [0, 0.05) is 0 Å². The van der Waals surface area contributed by atoms with E-state index in [2.05, 4.69) is 5.48 Å². The molecule has 1 aromatic rings. The van der Waals surface area contributed by atoms with E-state index in [-0.39, 0.29) is 6.61 Å². The number of primary amides is 1. The Hall–Kier alpha value is -1.59. The molecule has 3 N–H and O–H groups in total. The van der Waals surface area contributed by atoms with Gasteiger partial charge in [-0.25, -0.2) is 0 Å². The van der Waals surface area contributed by atoms with Crippen molar-refractivity contribution in [3.05, 3.63) is 30.3 Å². The average Bonchev–Trinajstić information content (AvgIpc) is 2.24. The third kappa shape index (κ3) is 5.66. The summed E-state index contributed by atoms with van der Waals surface area (Å²) in [6.07, 6.45) is 0. The van der Waals surface area contributed by atoms with Gasteiger partial charge in [0.25, 0.3) is 0 Å². The maximum atomic E-state index is 10.3. The van der Waals surface area contributed by atoms with Crippen molar-refractivity contribution >= 4 is 5.91 Å². The molecule has 0 atom stereocenters. The van der Waals surface area contributed by atoms with Crippen LogP contribution in [-0.2, 0) is 9.63 Å². The van der Waals surface area contributed by atoms with Crippen LogP contribution in [0, 0.1) is 0 Å². The van der Waals surface area contributed by atoms with Gasteiger partial charge in [0.05, 0.1) is 6.54 Å². The molecule has 0 aliphatic heterocycles. The van der Waals surface area contributed by atoms with Crippen LogP contribution in [0.4, 0.5) is 0 Å². The molecule has 0 saturated carbocycles. The summed E-state index contributed by atoms with van der Waals surface area (Å²) in [6, 6.07) is 9.44. The smallest absolute Gasteiger partial charge is 0.245 e. The van der Waals surface area contributed by atoms with Crippen molar-refractivity contribution in [2.75, 3.05) is 19.8 Å². The predicted molar refractivity (Wildman–Crippen MR) is 55.1 cm³/mol. The van der Waals surface area contributed by atoms with E-state index in [9.17, 15) is 4.79 Å². The molecule has 82 valence electrons. The normalized spacial score (nSPS) is 9.87. The van der Waals surface area contributed by atoms with Gasteiger partial charge in [-0.1, -0.05) is 18.2 Å². The van der Waals surface area contributed by atoms with Crippen LogP contribution in [0.25, 0.3) is 0 Å². The quantitative estimate of drug-likeness (QED) is 0.493. The van der Waals surface area contributed by atoms with Crippen LogP contribution in [0.1, 0.15) is 0 Å². The lowest BCUT2D eigenvalue weighted by Crippen LogP contribution is -2.27. The van der Waals surface area contributed by atoms with E-state index in [1.807, 2.05) is 30.3 Å². The summed E-state index contributed by atoms with van der Waals surface area (Å²) in [6.45, 7) is 0.816. The van der Waals surface area contributed by atoms with Gasteiger partial charge in [-0.05, 0) is 12.1 Å². The monoisotopic (exact) mass is 210 g/mol. The number of carbonyl (C=O) groups is 1. The highest BCUT2D eigenvalue weighted by Crippen LogP contribution is 2.07. The zero-order chi connectivity index (χ0) is 10.9. The zero-order valence-electron chi connectivity index (χ0n) is 8.31. The Morgan fingerprint density at radius 2 is 2.07 bits per heavy atom. The molecule has 15 heavy (non-hydrogen) atoms. The van der Waals surface area contributed by atoms with Crippen LogP contribution in [0.3, 0.4) is 0 Å². The third-order valence-electron chi connectivity index (χ3n) is 1.53. The number of amides is 1. The van der Waals surface area contributed by atoms with Crippen molar-refractivity contribution < 1.29 is 14.4 Å². The molecule has 5 heteroatoms. The number of carbonyl (C=O) groups excluding carboxylic acids is 1. The van der Waals surface area contributed by atoms with Gasteiger partial charge in [0.15, 0.2) is 0 Å². The van der Waals surface area contributed by atoms with Crippen LogP contribution in [0.15, 0.2) is 30.3 Å². The Morgan fingerprint density at radius 3 is 2.73 bits per heavy atom. The summed E-state index contributed by atoms with van der Waals surface area (Å²) in [5.74, 6) is 0.292. The van der Waals surface area contributed by atoms with E-state index in [1.165, 1.54) is 0 Å². The van der Waals surface area contributed by atoms with E-state index >= 15 is 0 Å². The molecule has 0 heterocycles. The average molecular weight is 210 g/mol. The first-order chi connectivity index (χ1) is 7.29. The minimum atomic E-state index is -0.508. The maximum Gasteiger partial charge on any atom is 0.245 e. The number of benzene rings is 1. The minimum absolute atomic E-state index is 0.134. The SMILES string of the molecule is NC(=O)CONCCOc1ccccc1. The third-order valence-corrected chi connectivity index (χ3v) is 1.53. The molecule has 0 aromatic heterocycles. The Bertz CT molecular complexity index is 290. The second kappa shape index (κ2) is 6.80. The zero-order valence-corrected chi connectivity index (χ0v) is 8.31. The number of hydrogen-bond acceptors (Lipinski definition) is 4. The fourth-order valence-corrected chi connectivity index (χ4v) is 0.922. The number of ether oxygens (including phenoxy) is 1. The number of nitrogens with one attached hydrogen (secondary N) is 1. The number of hydrogen-bond donors (Lipinski definition) is 2. The summed E-state index contributed by atoms with van der Waals surface area (Å²) >= 11 is 0. The standard InChI is InChI=1S/C10H14N2O3/c11-10(13)8-15-12-6-7-14-9-4-2-1-3-5-9/h1-5,12H,6-8H2,(H2,11,13). The molecule has 5 nitrogen and oxygen atoms in total. The lowest BCUT2D eigenvalue weighted by atomic mass is 10.3. The molecule has 0 fully saturated rings. The van der Waals surface area contributed by atoms with E-state index in [0.29, 0.717) is 13.2 Å². The molecule has 1 amide bonds. The fraction of sp³-hybridized carbons (Fsp3) is 0.300. The lowest BCUT2D eigenvalue weighted by molar-refractivity contribution is -0.125. The van der Waals surface area contributed by atoms with Gasteiger partial charge in [-0.3, -0.25) is 9.63 Å². The van der Waals surface area contributed by atoms with E-state index in [4.69, 9.17) is 15.3 Å². The summed E-state index contributed by atoms with van der Waals surface area (Å²) in [5.41, 5.74) is 7.42. The van der Waals surface area contributed by atoms with Gasteiger partial charge in [-0.15, -0.1) is 0 Å². The van der Waals surface area contributed by atoms with E-state index < -0.39 is 5.91 Å². The molecular weight excluding hydrogens is 196 g/mol. The van der Waals surface area contributed by atoms with E-state index in [1.54, 1.807) is 0 Å². The van der Waals surface area contributed by atoms with Crippen molar-refractivity contribution in [2.45, 2.75) is 0 Å². The molecular formula is C10H14N2O3. The lowest BCUT2D eigenvalue weighted by Gasteiger charge is -2.06.